The number of aliphatic imine (C=N–C) groups is 1. The van der Waals surface area contributed by atoms with Gasteiger partial charge in [0.25, 0.3) is 0 Å². The molecule has 5 heteroatoms. The van der Waals surface area contributed by atoms with E-state index >= 15 is 0 Å². The van der Waals surface area contributed by atoms with Crippen LogP contribution in [0.2, 0.25) is 0 Å². The Labute approximate surface area is 122 Å². The first-order valence-electron chi connectivity index (χ1n) is 6.61. The van der Waals surface area contributed by atoms with Crippen LogP contribution in [0.15, 0.2) is 53.5 Å². The third-order valence-electron chi connectivity index (χ3n) is 3.00. The van der Waals surface area contributed by atoms with Crippen molar-refractivity contribution in [1.29, 1.82) is 0 Å². The fraction of sp³-hybridized carbons (Fsp3) is 0.188. The number of guanidine groups is 1. The van der Waals surface area contributed by atoms with Crippen molar-refractivity contribution in [2.75, 3.05) is 7.05 Å². The largest absolute Gasteiger partial charge is 0.352 e. The van der Waals surface area contributed by atoms with Gasteiger partial charge in [0.1, 0.15) is 11.6 Å². The fourth-order valence-corrected chi connectivity index (χ4v) is 1.83. The number of nitrogens with zero attached hydrogens (tertiary/aromatic N) is 1. The van der Waals surface area contributed by atoms with Gasteiger partial charge < -0.3 is 10.6 Å². The van der Waals surface area contributed by atoms with Gasteiger partial charge in [-0.15, -0.1) is 0 Å². The molecule has 21 heavy (non-hydrogen) atoms. The molecule has 2 aromatic carbocycles. The first kappa shape index (κ1) is 15.0. The summed E-state index contributed by atoms with van der Waals surface area (Å²) in [5, 5.41) is 6.12. The van der Waals surface area contributed by atoms with Crippen molar-refractivity contribution < 1.29 is 8.78 Å². The molecular formula is C16H17F2N3. The molecule has 0 aromatic heterocycles. The molecule has 110 valence electrons. The smallest absolute Gasteiger partial charge is 0.191 e. The van der Waals surface area contributed by atoms with E-state index in [-0.39, 0.29) is 11.6 Å². The van der Waals surface area contributed by atoms with E-state index < -0.39 is 0 Å². The van der Waals surface area contributed by atoms with Crippen LogP contribution in [0.4, 0.5) is 8.78 Å². The third-order valence-corrected chi connectivity index (χ3v) is 3.00. The molecule has 0 aliphatic rings. The number of hydrogen-bond donors (Lipinski definition) is 2. The molecule has 0 spiro atoms. The monoisotopic (exact) mass is 289 g/mol. The van der Waals surface area contributed by atoms with Crippen molar-refractivity contribution in [2.45, 2.75) is 13.1 Å². The van der Waals surface area contributed by atoms with Gasteiger partial charge in [-0.25, -0.2) is 8.78 Å². The van der Waals surface area contributed by atoms with E-state index in [0.29, 0.717) is 24.6 Å². The number of nitrogens with one attached hydrogen (secondary N) is 2. The van der Waals surface area contributed by atoms with Gasteiger partial charge >= 0.3 is 0 Å². The van der Waals surface area contributed by atoms with Crippen LogP contribution in [0, 0.1) is 11.6 Å². The molecule has 0 atom stereocenters. The number of benzene rings is 2. The van der Waals surface area contributed by atoms with Crippen molar-refractivity contribution in [1.82, 2.24) is 10.6 Å². The van der Waals surface area contributed by atoms with Gasteiger partial charge in [0.2, 0.25) is 0 Å². The van der Waals surface area contributed by atoms with Crippen LogP contribution in [0.5, 0.6) is 0 Å². The van der Waals surface area contributed by atoms with Gasteiger partial charge in [0, 0.05) is 25.7 Å². The minimum absolute atomic E-state index is 0.251. The summed E-state index contributed by atoms with van der Waals surface area (Å²) in [5.74, 6) is 0.0439. The Hall–Kier alpha value is -2.43. The zero-order valence-electron chi connectivity index (χ0n) is 11.7. The molecule has 0 fully saturated rings. The van der Waals surface area contributed by atoms with Crippen LogP contribution in [0.3, 0.4) is 0 Å². The predicted molar refractivity (Wildman–Crippen MR) is 79.8 cm³/mol. The van der Waals surface area contributed by atoms with E-state index in [4.69, 9.17) is 0 Å². The minimum Gasteiger partial charge on any atom is -0.352 e. The zero-order chi connectivity index (χ0) is 15.1. The van der Waals surface area contributed by atoms with Crippen molar-refractivity contribution >= 4 is 5.96 Å². The van der Waals surface area contributed by atoms with E-state index in [1.807, 2.05) is 0 Å². The van der Waals surface area contributed by atoms with Crippen LogP contribution in [-0.4, -0.2) is 13.0 Å². The van der Waals surface area contributed by atoms with Crippen LogP contribution < -0.4 is 10.6 Å². The Bertz CT molecular complexity index is 609. The summed E-state index contributed by atoms with van der Waals surface area (Å²) in [6.45, 7) is 0.854. The van der Waals surface area contributed by atoms with Gasteiger partial charge in [-0.3, -0.25) is 4.99 Å². The van der Waals surface area contributed by atoms with Crippen molar-refractivity contribution in [2.24, 2.45) is 4.99 Å². The number of rotatable bonds is 4. The topological polar surface area (TPSA) is 36.4 Å². The maximum atomic E-state index is 13.5. The summed E-state index contributed by atoms with van der Waals surface area (Å²) in [7, 11) is 1.64. The quantitative estimate of drug-likeness (QED) is 0.671. The van der Waals surface area contributed by atoms with E-state index in [0.717, 1.165) is 5.56 Å². The molecule has 0 bridgehead atoms. The summed E-state index contributed by atoms with van der Waals surface area (Å²) in [6.07, 6.45) is 0. The molecule has 0 unspecified atom stereocenters. The summed E-state index contributed by atoms with van der Waals surface area (Å²) < 4.78 is 26.3. The molecule has 0 radical (unpaired) electrons. The van der Waals surface area contributed by atoms with Crippen LogP contribution in [0.25, 0.3) is 0 Å². The molecule has 0 aliphatic heterocycles. The van der Waals surface area contributed by atoms with E-state index in [1.54, 1.807) is 37.4 Å². The highest BCUT2D eigenvalue weighted by Gasteiger charge is 2.02. The predicted octanol–water partition coefficient (Wildman–Crippen LogP) is 2.83. The fourth-order valence-electron chi connectivity index (χ4n) is 1.83. The Morgan fingerprint density at radius 3 is 2.29 bits per heavy atom. The van der Waals surface area contributed by atoms with E-state index in [1.165, 1.54) is 18.2 Å². The van der Waals surface area contributed by atoms with Gasteiger partial charge in [0.05, 0.1) is 0 Å². The summed E-state index contributed by atoms with van der Waals surface area (Å²) >= 11 is 0. The second-order valence-corrected chi connectivity index (χ2v) is 4.50. The van der Waals surface area contributed by atoms with Gasteiger partial charge in [0.15, 0.2) is 5.96 Å². The zero-order valence-corrected chi connectivity index (χ0v) is 11.7. The van der Waals surface area contributed by atoms with Crippen molar-refractivity contribution in [3.63, 3.8) is 0 Å². The molecule has 0 saturated carbocycles. The average Bonchev–Trinajstić information content (AvgIpc) is 2.51. The van der Waals surface area contributed by atoms with Gasteiger partial charge in [-0.2, -0.15) is 0 Å². The first-order chi connectivity index (χ1) is 10.2. The van der Waals surface area contributed by atoms with Crippen LogP contribution >= 0.6 is 0 Å². The second-order valence-electron chi connectivity index (χ2n) is 4.50. The summed E-state index contributed by atoms with van der Waals surface area (Å²) in [5.41, 5.74) is 1.51. The molecule has 3 nitrogen and oxygen atoms in total. The number of halogens is 2. The normalized spacial score (nSPS) is 11.3. The lowest BCUT2D eigenvalue weighted by Crippen LogP contribution is -2.36. The molecular weight excluding hydrogens is 272 g/mol. The average molecular weight is 289 g/mol. The molecule has 0 heterocycles. The second kappa shape index (κ2) is 7.38. The van der Waals surface area contributed by atoms with Crippen molar-refractivity contribution in [3.8, 4) is 0 Å². The maximum absolute atomic E-state index is 13.5. The van der Waals surface area contributed by atoms with Crippen LogP contribution in [0.1, 0.15) is 11.1 Å². The van der Waals surface area contributed by atoms with E-state index in [2.05, 4.69) is 15.6 Å². The molecule has 2 N–H and O–H groups in total. The first-order valence-corrected chi connectivity index (χ1v) is 6.61. The minimum atomic E-state index is -0.263. The standard InChI is InChI=1S/C16H17F2N3/c1-19-16(20-10-12-6-8-14(17)9-7-12)21-11-13-4-2-3-5-15(13)18/h2-9H,10-11H2,1H3,(H2,19,20,21). The molecule has 2 rings (SSSR count). The summed E-state index contributed by atoms with van der Waals surface area (Å²) in [4.78, 5) is 4.06. The molecule has 2 aromatic rings. The highest BCUT2D eigenvalue weighted by Crippen LogP contribution is 2.05. The lowest BCUT2D eigenvalue weighted by atomic mass is 10.2. The SMILES string of the molecule is CN=C(NCc1ccc(F)cc1)NCc1ccccc1F. The molecule has 0 aliphatic carbocycles. The van der Waals surface area contributed by atoms with Crippen LogP contribution in [-0.2, 0) is 13.1 Å². The maximum Gasteiger partial charge on any atom is 0.191 e. The Balaban J connectivity index is 1.86. The Kier molecular flexibility index (Phi) is 5.26. The number of hydrogen-bond acceptors (Lipinski definition) is 1. The van der Waals surface area contributed by atoms with Gasteiger partial charge in [-0.1, -0.05) is 30.3 Å². The highest BCUT2D eigenvalue weighted by atomic mass is 19.1. The Morgan fingerprint density at radius 2 is 1.62 bits per heavy atom. The third kappa shape index (κ3) is 4.56. The summed E-state index contributed by atoms with van der Waals surface area (Å²) in [6, 6.07) is 12.8. The van der Waals surface area contributed by atoms with Gasteiger partial charge in [-0.05, 0) is 23.8 Å². The lowest BCUT2D eigenvalue weighted by Gasteiger charge is -2.12. The highest BCUT2D eigenvalue weighted by molar-refractivity contribution is 5.79. The molecule has 0 amide bonds. The Morgan fingerprint density at radius 1 is 0.952 bits per heavy atom. The van der Waals surface area contributed by atoms with Crippen molar-refractivity contribution in [3.05, 3.63) is 71.3 Å². The molecule has 0 saturated heterocycles. The van der Waals surface area contributed by atoms with E-state index in [9.17, 15) is 8.78 Å². The lowest BCUT2D eigenvalue weighted by molar-refractivity contribution is 0.604.